The Morgan fingerprint density at radius 1 is 1.21 bits per heavy atom. The Hall–Kier alpha value is -2.83. The lowest BCUT2D eigenvalue weighted by Crippen LogP contribution is -2.44. The highest BCUT2D eigenvalue weighted by atomic mass is 16.6. The minimum absolute atomic E-state index is 0.299. The molecule has 0 unspecified atom stereocenters. The fourth-order valence-corrected chi connectivity index (χ4v) is 3.53. The second-order valence-electron chi connectivity index (χ2n) is 8.29. The Kier molecular flexibility index (Phi) is 5.68. The molecule has 156 valence electrons. The summed E-state index contributed by atoms with van der Waals surface area (Å²) in [5.74, 6) is -0.308. The van der Waals surface area contributed by atoms with Crippen molar-refractivity contribution in [2.24, 2.45) is 0 Å². The van der Waals surface area contributed by atoms with Gasteiger partial charge in [0.2, 0.25) is 0 Å². The molecule has 1 amide bonds. The Bertz CT molecular complexity index is 1010. The number of amides is 1. The van der Waals surface area contributed by atoms with Crippen LogP contribution in [0.4, 0.5) is 4.79 Å². The van der Waals surface area contributed by atoms with Gasteiger partial charge in [-0.1, -0.05) is 6.92 Å². The van der Waals surface area contributed by atoms with Gasteiger partial charge in [-0.25, -0.2) is 14.4 Å². The molecule has 1 aliphatic rings. The average molecular weight is 401 g/mol. The number of hydrogen-bond donors (Lipinski definition) is 1. The molecule has 0 fully saturated rings. The summed E-state index contributed by atoms with van der Waals surface area (Å²) in [6, 6.07) is 2.67. The smallest absolute Gasteiger partial charge is 0.408 e. The van der Waals surface area contributed by atoms with Gasteiger partial charge in [-0.2, -0.15) is 0 Å². The molecule has 0 saturated carbocycles. The molecule has 1 heterocycles. The predicted molar refractivity (Wildman–Crippen MR) is 108 cm³/mol. The van der Waals surface area contributed by atoms with Gasteiger partial charge in [0.1, 0.15) is 23.0 Å². The molecule has 0 aliphatic heterocycles. The van der Waals surface area contributed by atoms with Crippen LogP contribution in [0.2, 0.25) is 0 Å². The first-order valence-electron chi connectivity index (χ1n) is 9.90. The largest absolute Gasteiger partial charge is 0.444 e. The van der Waals surface area contributed by atoms with Crippen LogP contribution >= 0.6 is 0 Å². The zero-order valence-electron chi connectivity index (χ0n) is 17.5. The van der Waals surface area contributed by atoms with Crippen LogP contribution in [0.1, 0.15) is 57.2 Å². The summed E-state index contributed by atoms with van der Waals surface area (Å²) in [7, 11) is 0. The van der Waals surface area contributed by atoms with Crippen LogP contribution in [0.15, 0.2) is 21.3 Å². The molecule has 0 saturated heterocycles. The van der Waals surface area contributed by atoms with E-state index in [9.17, 15) is 14.4 Å². The summed E-state index contributed by atoms with van der Waals surface area (Å²) in [6.07, 6.45) is 2.17. The van der Waals surface area contributed by atoms with Crippen molar-refractivity contribution in [1.29, 1.82) is 0 Å². The summed E-state index contributed by atoms with van der Waals surface area (Å²) < 4.78 is 16.3. The van der Waals surface area contributed by atoms with Crippen molar-refractivity contribution >= 4 is 23.0 Å². The van der Waals surface area contributed by atoms with E-state index in [1.54, 1.807) is 40.7 Å². The van der Waals surface area contributed by atoms with Gasteiger partial charge in [-0.05, 0) is 71.1 Å². The van der Waals surface area contributed by atoms with Gasteiger partial charge in [0, 0.05) is 16.5 Å². The van der Waals surface area contributed by atoms with E-state index >= 15 is 0 Å². The van der Waals surface area contributed by atoms with E-state index in [-0.39, 0.29) is 5.63 Å². The Morgan fingerprint density at radius 2 is 1.90 bits per heavy atom. The maximum Gasteiger partial charge on any atom is 0.408 e. The third-order valence-electron chi connectivity index (χ3n) is 4.93. The predicted octanol–water partition coefficient (Wildman–Crippen LogP) is 3.80. The van der Waals surface area contributed by atoms with Crippen LogP contribution in [-0.4, -0.2) is 23.7 Å². The number of alkyl carbamates (subject to hydrolysis) is 1. The van der Waals surface area contributed by atoms with Crippen molar-refractivity contribution in [2.45, 2.75) is 71.9 Å². The van der Waals surface area contributed by atoms with Crippen molar-refractivity contribution in [3.63, 3.8) is 0 Å². The van der Waals surface area contributed by atoms with Gasteiger partial charge in [0.25, 0.3) is 0 Å². The number of rotatable bonds is 4. The van der Waals surface area contributed by atoms with Crippen LogP contribution in [0.3, 0.4) is 0 Å². The van der Waals surface area contributed by atoms with Crippen LogP contribution in [0, 0.1) is 6.92 Å². The monoisotopic (exact) mass is 401 g/mol. The van der Waals surface area contributed by atoms with Gasteiger partial charge >= 0.3 is 17.7 Å². The second kappa shape index (κ2) is 7.89. The van der Waals surface area contributed by atoms with Gasteiger partial charge in [0.15, 0.2) is 0 Å². The van der Waals surface area contributed by atoms with Crippen LogP contribution in [0.5, 0.6) is 5.75 Å². The number of ether oxygens (including phenoxy) is 2. The SMILES string of the molecule is CC[C@@H](NC(=O)OC(C)(C)C)C(=O)Oc1ccc2c3c(c(=O)oc2c1C)CCC3. The fraction of sp³-hybridized carbons (Fsp3) is 0.500. The molecule has 1 aromatic carbocycles. The fourth-order valence-electron chi connectivity index (χ4n) is 3.53. The second-order valence-corrected chi connectivity index (χ2v) is 8.29. The van der Waals surface area contributed by atoms with Crippen LogP contribution in [0.25, 0.3) is 11.0 Å². The maximum absolute atomic E-state index is 12.6. The number of carbonyl (C=O) groups is 2. The minimum atomic E-state index is -0.855. The van der Waals surface area contributed by atoms with E-state index in [2.05, 4.69) is 5.32 Å². The molecular weight excluding hydrogens is 374 g/mol. The van der Waals surface area contributed by atoms with E-state index in [0.717, 1.165) is 35.8 Å². The highest BCUT2D eigenvalue weighted by Gasteiger charge is 2.26. The number of fused-ring (bicyclic) bond motifs is 3. The van der Waals surface area contributed by atoms with Gasteiger partial charge in [0.05, 0.1) is 0 Å². The molecule has 0 spiro atoms. The zero-order valence-corrected chi connectivity index (χ0v) is 17.5. The van der Waals surface area contributed by atoms with Crippen molar-refractivity contribution in [3.8, 4) is 5.75 Å². The molecule has 1 N–H and O–H groups in total. The molecule has 7 nitrogen and oxygen atoms in total. The number of hydrogen-bond acceptors (Lipinski definition) is 6. The zero-order chi connectivity index (χ0) is 21.3. The minimum Gasteiger partial charge on any atom is -0.444 e. The molecule has 0 radical (unpaired) electrons. The number of esters is 1. The molecule has 0 bridgehead atoms. The van der Waals surface area contributed by atoms with E-state index in [1.165, 1.54) is 0 Å². The number of benzene rings is 1. The van der Waals surface area contributed by atoms with Crippen LogP contribution < -0.4 is 15.7 Å². The topological polar surface area (TPSA) is 94.8 Å². The highest BCUT2D eigenvalue weighted by molar-refractivity contribution is 5.88. The van der Waals surface area contributed by atoms with E-state index in [4.69, 9.17) is 13.9 Å². The summed E-state index contributed by atoms with van der Waals surface area (Å²) >= 11 is 0. The average Bonchev–Trinajstić information content (AvgIpc) is 3.11. The highest BCUT2D eigenvalue weighted by Crippen LogP contribution is 2.33. The summed E-state index contributed by atoms with van der Waals surface area (Å²) in [5, 5.41) is 3.42. The third-order valence-corrected chi connectivity index (χ3v) is 4.93. The Balaban J connectivity index is 1.83. The van der Waals surface area contributed by atoms with E-state index in [0.29, 0.717) is 23.3 Å². The van der Waals surface area contributed by atoms with Crippen molar-refractivity contribution in [3.05, 3.63) is 39.2 Å². The Labute approximate surface area is 169 Å². The number of nitrogens with one attached hydrogen (secondary N) is 1. The van der Waals surface area contributed by atoms with Gasteiger partial charge in [-0.15, -0.1) is 0 Å². The molecule has 2 aromatic rings. The van der Waals surface area contributed by atoms with Crippen molar-refractivity contribution < 1.29 is 23.5 Å². The van der Waals surface area contributed by atoms with Crippen molar-refractivity contribution in [2.75, 3.05) is 0 Å². The number of aryl methyl sites for hydroxylation is 2. The van der Waals surface area contributed by atoms with Crippen LogP contribution in [-0.2, 0) is 22.4 Å². The summed E-state index contributed by atoms with van der Waals surface area (Å²) in [4.78, 5) is 36.8. The molecule has 3 rings (SSSR count). The number of carbonyl (C=O) groups excluding carboxylic acids is 2. The molecule has 7 heteroatoms. The third kappa shape index (κ3) is 4.44. The van der Waals surface area contributed by atoms with E-state index in [1.807, 2.05) is 6.07 Å². The van der Waals surface area contributed by atoms with E-state index < -0.39 is 23.7 Å². The molecule has 29 heavy (non-hydrogen) atoms. The normalized spacial score (nSPS) is 14.4. The lowest BCUT2D eigenvalue weighted by atomic mass is 10.0. The van der Waals surface area contributed by atoms with Gasteiger partial charge in [-0.3, -0.25) is 0 Å². The lowest BCUT2D eigenvalue weighted by Gasteiger charge is -2.22. The maximum atomic E-state index is 12.6. The van der Waals surface area contributed by atoms with Gasteiger partial charge < -0.3 is 19.2 Å². The van der Waals surface area contributed by atoms with Crippen molar-refractivity contribution in [1.82, 2.24) is 5.32 Å². The molecular formula is C22H27NO6. The molecule has 1 aliphatic carbocycles. The first-order valence-corrected chi connectivity index (χ1v) is 9.90. The molecule has 1 aromatic heterocycles. The summed E-state index contributed by atoms with van der Waals surface area (Å²) in [5.41, 5.74) is 1.79. The standard InChI is InChI=1S/C22H27NO6/c1-6-16(23-21(26)29-22(3,4)5)20(25)27-17-11-10-14-13-8-7-9-15(13)19(24)28-18(14)12(17)2/h10-11,16H,6-9H2,1-5H3,(H,23,26)/t16-/m1/s1. The Morgan fingerprint density at radius 3 is 2.55 bits per heavy atom. The lowest BCUT2D eigenvalue weighted by molar-refractivity contribution is -0.136. The first-order chi connectivity index (χ1) is 13.6. The first kappa shape index (κ1) is 20.9. The summed E-state index contributed by atoms with van der Waals surface area (Å²) in [6.45, 7) is 8.74. The quantitative estimate of drug-likeness (QED) is 0.476. The molecule has 1 atom stereocenters.